The maximum atomic E-state index is 6.48. The summed E-state index contributed by atoms with van der Waals surface area (Å²) in [6.45, 7) is 9.26. The van der Waals surface area contributed by atoms with E-state index in [1.54, 1.807) is 0 Å². The van der Waals surface area contributed by atoms with Gasteiger partial charge >= 0.3 is 7.12 Å². The molecule has 5 rings (SSSR count). The Labute approximate surface area is 149 Å². The van der Waals surface area contributed by atoms with Crippen LogP contribution in [0.15, 0.2) is 17.3 Å². The maximum Gasteiger partial charge on any atom is 0.457 e. The first-order valence-electron chi connectivity index (χ1n) is 9.09. The molecule has 0 amide bonds. The summed E-state index contributed by atoms with van der Waals surface area (Å²) >= 11 is 1.19. The predicted molar refractivity (Wildman–Crippen MR) is 96.5 cm³/mol. The van der Waals surface area contributed by atoms with Crippen molar-refractivity contribution >= 4 is 19.1 Å². The number of hydrogen-bond acceptors (Lipinski definition) is 5. The van der Waals surface area contributed by atoms with Crippen molar-refractivity contribution in [1.82, 2.24) is 9.78 Å². The summed E-state index contributed by atoms with van der Waals surface area (Å²) in [6, 6.07) is 2.27. The van der Waals surface area contributed by atoms with Crippen LogP contribution in [0.2, 0.25) is 6.32 Å². The fraction of sp³-hybridized carbons (Fsp3) is 0.824. The van der Waals surface area contributed by atoms with Gasteiger partial charge in [0.15, 0.2) is 0 Å². The lowest BCUT2D eigenvalue weighted by Crippen LogP contribution is -2.65. The Morgan fingerprint density at radius 3 is 2.92 bits per heavy atom. The molecule has 1 aliphatic heterocycles. The lowest BCUT2D eigenvalue weighted by atomic mass is 9.43. The van der Waals surface area contributed by atoms with Gasteiger partial charge in [0.05, 0.1) is 11.7 Å². The minimum absolute atomic E-state index is 0.0727. The monoisotopic (exact) mass is 349 g/mol. The van der Waals surface area contributed by atoms with E-state index in [4.69, 9.17) is 14.4 Å². The second-order valence-corrected chi connectivity index (χ2v) is 9.23. The fourth-order valence-corrected chi connectivity index (χ4v) is 5.49. The van der Waals surface area contributed by atoms with Gasteiger partial charge in [-0.05, 0) is 74.7 Å². The minimum Gasteiger partial charge on any atom is -0.405 e. The minimum atomic E-state index is -0.0960. The highest BCUT2D eigenvalue weighted by Gasteiger charge is 2.67. The zero-order valence-electron chi connectivity index (χ0n) is 15.1. The molecule has 5 atom stereocenters. The molecule has 1 aromatic rings. The second kappa shape index (κ2) is 5.76. The smallest absolute Gasteiger partial charge is 0.405 e. The largest absolute Gasteiger partial charge is 0.457 e. The second-order valence-electron chi connectivity index (χ2n) is 8.58. The third-order valence-corrected chi connectivity index (χ3v) is 7.44. The van der Waals surface area contributed by atoms with Crippen molar-refractivity contribution in [2.24, 2.45) is 22.4 Å². The molecule has 1 saturated heterocycles. The van der Waals surface area contributed by atoms with Crippen LogP contribution in [-0.2, 0) is 9.31 Å². The molecule has 24 heavy (non-hydrogen) atoms. The van der Waals surface area contributed by atoms with Crippen LogP contribution in [0, 0.1) is 17.3 Å². The Balaban J connectivity index is 1.36. The van der Waals surface area contributed by atoms with E-state index in [1.165, 1.54) is 18.4 Å². The summed E-state index contributed by atoms with van der Waals surface area (Å²) in [7, 11) is -0.0727. The van der Waals surface area contributed by atoms with Crippen molar-refractivity contribution in [2.45, 2.75) is 76.1 Å². The zero-order chi connectivity index (χ0) is 17.1. The summed E-state index contributed by atoms with van der Waals surface area (Å²) in [6.07, 6.45) is 6.63. The highest BCUT2D eigenvalue weighted by molar-refractivity contribution is 7.97. The molecule has 0 aromatic carbocycles. The average molecular weight is 349 g/mol. The number of nitrogens with two attached hydrogens (primary N) is 1. The van der Waals surface area contributed by atoms with Crippen molar-refractivity contribution in [3.8, 4) is 0 Å². The number of rotatable bonds is 5. The van der Waals surface area contributed by atoms with E-state index in [-0.39, 0.29) is 18.8 Å². The summed E-state index contributed by atoms with van der Waals surface area (Å²) < 4.78 is 14.8. The molecule has 2 bridgehead atoms. The van der Waals surface area contributed by atoms with E-state index in [9.17, 15) is 0 Å². The molecule has 4 fully saturated rings. The van der Waals surface area contributed by atoms with Crippen molar-refractivity contribution in [2.75, 3.05) is 0 Å². The number of aromatic nitrogens is 2. The molecule has 2 heterocycles. The van der Waals surface area contributed by atoms with Crippen LogP contribution < -0.4 is 5.14 Å². The fourth-order valence-electron chi connectivity index (χ4n) is 5.21. The first kappa shape index (κ1) is 16.9. The number of nitrogens with zero attached hydrogens (tertiary/aromatic N) is 2. The van der Waals surface area contributed by atoms with Gasteiger partial charge in [0.25, 0.3) is 0 Å². The lowest BCUT2D eigenvalue weighted by Gasteiger charge is -2.64. The van der Waals surface area contributed by atoms with Gasteiger partial charge in [0, 0.05) is 12.2 Å². The summed E-state index contributed by atoms with van der Waals surface area (Å²) in [4.78, 5) is 0. The summed E-state index contributed by atoms with van der Waals surface area (Å²) in [5, 5.41) is 10.9. The third kappa shape index (κ3) is 2.47. The lowest BCUT2D eigenvalue weighted by molar-refractivity contribution is -0.199. The molecule has 3 unspecified atom stereocenters. The average Bonchev–Trinajstić information content (AvgIpc) is 3.15. The third-order valence-electron chi connectivity index (χ3n) is 6.98. The van der Waals surface area contributed by atoms with Gasteiger partial charge in [-0.25, -0.2) is 0 Å². The van der Waals surface area contributed by atoms with Crippen molar-refractivity contribution in [3.63, 3.8) is 0 Å². The van der Waals surface area contributed by atoms with Crippen LogP contribution >= 0.6 is 11.9 Å². The van der Waals surface area contributed by atoms with Crippen molar-refractivity contribution in [1.29, 1.82) is 0 Å². The van der Waals surface area contributed by atoms with Gasteiger partial charge in [-0.1, -0.05) is 13.8 Å². The normalized spacial score (nSPS) is 37.9. The van der Waals surface area contributed by atoms with Gasteiger partial charge in [-0.3, -0.25) is 9.82 Å². The Kier molecular flexibility index (Phi) is 4.07. The van der Waals surface area contributed by atoms with E-state index < -0.39 is 0 Å². The molecule has 1 aromatic heterocycles. The SMILES string of the molecule is CC(CCB1O[C@@H]2CC3CC(C3(C)C)[C@]2(C)O1)n1ccc(SN)n1. The van der Waals surface area contributed by atoms with E-state index in [2.05, 4.69) is 32.8 Å². The van der Waals surface area contributed by atoms with E-state index in [1.807, 2.05) is 16.9 Å². The standard InChI is InChI=1S/C17H28BN3O2S/c1-11(21-8-6-15(20-21)24-19)5-7-18-22-14-10-12-9-13(16(12,2)3)17(14,4)23-18/h6,8,11-14H,5,7,9-10,19H2,1-4H3/t11?,12?,13?,14-,17+/m1/s1. The van der Waals surface area contributed by atoms with Crippen molar-refractivity contribution < 1.29 is 9.31 Å². The summed E-state index contributed by atoms with van der Waals surface area (Å²) in [5.41, 5.74) is 0.309. The van der Waals surface area contributed by atoms with Gasteiger partial charge < -0.3 is 9.31 Å². The molecule has 0 radical (unpaired) electrons. The molecule has 132 valence electrons. The van der Waals surface area contributed by atoms with Crippen LogP contribution in [0.1, 0.15) is 53.0 Å². The summed E-state index contributed by atoms with van der Waals surface area (Å²) in [5.74, 6) is 1.43. The number of hydrogen-bond donors (Lipinski definition) is 1. The molecule has 4 aliphatic rings. The van der Waals surface area contributed by atoms with E-state index in [0.29, 0.717) is 17.4 Å². The van der Waals surface area contributed by atoms with Crippen LogP contribution in [0.4, 0.5) is 0 Å². The highest BCUT2D eigenvalue weighted by Crippen LogP contribution is 2.65. The molecule has 2 N–H and O–H groups in total. The first-order chi connectivity index (χ1) is 11.3. The van der Waals surface area contributed by atoms with Crippen LogP contribution in [0.5, 0.6) is 0 Å². The molecular weight excluding hydrogens is 321 g/mol. The van der Waals surface area contributed by atoms with E-state index >= 15 is 0 Å². The zero-order valence-corrected chi connectivity index (χ0v) is 15.9. The van der Waals surface area contributed by atoms with Crippen LogP contribution in [0.3, 0.4) is 0 Å². The molecule has 5 nitrogen and oxygen atoms in total. The highest BCUT2D eigenvalue weighted by atomic mass is 32.2. The predicted octanol–water partition coefficient (Wildman–Crippen LogP) is 3.53. The van der Waals surface area contributed by atoms with Crippen LogP contribution in [-0.4, -0.2) is 28.6 Å². The first-order valence-corrected chi connectivity index (χ1v) is 9.97. The Hall–Kier alpha value is -0.495. The van der Waals surface area contributed by atoms with Gasteiger partial charge in [0.1, 0.15) is 5.03 Å². The molecular formula is C17H28BN3O2S. The van der Waals surface area contributed by atoms with Gasteiger partial charge in [-0.15, -0.1) is 0 Å². The van der Waals surface area contributed by atoms with Crippen molar-refractivity contribution in [3.05, 3.63) is 12.3 Å². The van der Waals surface area contributed by atoms with Crippen LogP contribution in [0.25, 0.3) is 0 Å². The molecule has 3 aliphatic carbocycles. The quantitative estimate of drug-likeness (QED) is 0.651. The topological polar surface area (TPSA) is 62.3 Å². The Bertz CT molecular complexity index is 625. The maximum absolute atomic E-state index is 6.48. The molecule has 3 saturated carbocycles. The molecule has 0 spiro atoms. The van der Waals surface area contributed by atoms with E-state index in [0.717, 1.165) is 30.1 Å². The van der Waals surface area contributed by atoms with Gasteiger partial charge in [-0.2, -0.15) is 5.10 Å². The Morgan fingerprint density at radius 2 is 2.25 bits per heavy atom. The molecule has 7 heteroatoms. The Morgan fingerprint density at radius 1 is 1.46 bits per heavy atom. The van der Waals surface area contributed by atoms with Gasteiger partial charge in [0.2, 0.25) is 0 Å².